The lowest BCUT2D eigenvalue weighted by Gasteiger charge is -2.31. The highest BCUT2D eigenvalue weighted by Crippen LogP contribution is 2.31. The molecule has 0 aliphatic carbocycles. The Kier molecular flexibility index (Phi) is 3.16. The summed E-state index contributed by atoms with van der Waals surface area (Å²) in [4.78, 5) is 27.7. The number of nitrogens with zero attached hydrogens (tertiary/aromatic N) is 3. The number of aromatic nitrogens is 3. The van der Waals surface area contributed by atoms with Crippen LogP contribution in [0, 0.1) is 0 Å². The Hall–Kier alpha value is -1.92. The fourth-order valence-corrected chi connectivity index (χ4v) is 3.94. The van der Waals surface area contributed by atoms with Gasteiger partial charge in [0, 0.05) is 17.8 Å². The van der Waals surface area contributed by atoms with Crippen molar-refractivity contribution in [1.29, 1.82) is 0 Å². The number of benzene rings is 1. The van der Waals surface area contributed by atoms with Crippen molar-refractivity contribution < 1.29 is 4.79 Å². The molecule has 1 aromatic carbocycles. The Morgan fingerprint density at radius 3 is 3.18 bits per heavy atom. The van der Waals surface area contributed by atoms with Crippen LogP contribution >= 0.6 is 22.9 Å². The molecule has 1 atom stereocenters. The zero-order chi connectivity index (χ0) is 15.3. The summed E-state index contributed by atoms with van der Waals surface area (Å²) in [5.41, 5.74) is 4.25. The average molecular weight is 333 g/mol. The predicted molar refractivity (Wildman–Crippen MR) is 86.4 cm³/mol. The van der Waals surface area contributed by atoms with Crippen LogP contribution in [0.4, 0.5) is 0 Å². The Balaban J connectivity index is 1.70. The van der Waals surface area contributed by atoms with Crippen LogP contribution in [0.15, 0.2) is 23.7 Å². The number of amides is 1. The Morgan fingerprint density at radius 1 is 1.50 bits per heavy atom. The number of para-hydroxylation sites is 1. The number of imidazole rings is 1. The number of H-pyrrole nitrogens is 1. The second-order valence-corrected chi connectivity index (χ2v) is 6.65. The van der Waals surface area contributed by atoms with Crippen LogP contribution in [-0.4, -0.2) is 32.3 Å². The first-order valence-electron chi connectivity index (χ1n) is 7.02. The first kappa shape index (κ1) is 13.7. The van der Waals surface area contributed by atoms with E-state index in [2.05, 4.69) is 15.0 Å². The van der Waals surface area contributed by atoms with Crippen LogP contribution in [0.1, 0.15) is 34.2 Å². The molecule has 0 spiro atoms. The summed E-state index contributed by atoms with van der Waals surface area (Å²) in [6.07, 6.45) is 0.844. The highest BCUT2D eigenvalue weighted by molar-refractivity contribution is 7.09. The van der Waals surface area contributed by atoms with Crippen molar-refractivity contribution in [3.8, 4) is 0 Å². The maximum atomic E-state index is 12.8. The minimum absolute atomic E-state index is 0.0359. The first-order valence-corrected chi connectivity index (χ1v) is 8.28. The number of nitrogens with one attached hydrogen (secondary N) is 1. The van der Waals surface area contributed by atoms with Gasteiger partial charge in [-0.3, -0.25) is 4.79 Å². The van der Waals surface area contributed by atoms with E-state index in [4.69, 9.17) is 11.6 Å². The normalized spacial score (nSPS) is 17.7. The number of carbonyl (C=O) groups excluding carboxylic acids is 1. The smallest absolute Gasteiger partial charge is 0.290 e. The number of aromatic amines is 1. The van der Waals surface area contributed by atoms with Crippen LogP contribution < -0.4 is 0 Å². The molecule has 1 aliphatic heterocycles. The van der Waals surface area contributed by atoms with Gasteiger partial charge in [0.2, 0.25) is 0 Å². The molecule has 0 fully saturated rings. The second-order valence-electron chi connectivity index (χ2n) is 5.30. The van der Waals surface area contributed by atoms with E-state index in [1.54, 1.807) is 17.4 Å². The van der Waals surface area contributed by atoms with Crippen molar-refractivity contribution in [2.45, 2.75) is 19.4 Å². The molecule has 22 heavy (non-hydrogen) atoms. The van der Waals surface area contributed by atoms with E-state index in [0.717, 1.165) is 12.1 Å². The molecule has 0 unspecified atom stereocenters. The van der Waals surface area contributed by atoms with E-state index in [9.17, 15) is 4.79 Å². The van der Waals surface area contributed by atoms with Gasteiger partial charge in [0.1, 0.15) is 0 Å². The lowest BCUT2D eigenvalue weighted by atomic mass is 10.1. The van der Waals surface area contributed by atoms with E-state index in [-0.39, 0.29) is 11.9 Å². The molecule has 0 saturated heterocycles. The van der Waals surface area contributed by atoms with Crippen molar-refractivity contribution in [3.05, 3.63) is 45.1 Å². The molecule has 7 heteroatoms. The molecule has 1 aliphatic rings. The Bertz CT molecular complexity index is 871. The minimum Gasteiger partial charge on any atom is -0.333 e. The van der Waals surface area contributed by atoms with Crippen LogP contribution in [0.5, 0.6) is 0 Å². The van der Waals surface area contributed by atoms with E-state index < -0.39 is 0 Å². The second kappa shape index (κ2) is 5.07. The lowest BCUT2D eigenvalue weighted by Crippen LogP contribution is -2.39. The lowest BCUT2D eigenvalue weighted by molar-refractivity contribution is 0.0664. The van der Waals surface area contributed by atoms with Crippen LogP contribution in [0.25, 0.3) is 11.0 Å². The van der Waals surface area contributed by atoms with E-state index >= 15 is 0 Å². The number of rotatable bonds is 1. The maximum absolute atomic E-state index is 12.8. The fourth-order valence-electron chi connectivity index (χ4n) is 2.88. The topological polar surface area (TPSA) is 61.9 Å². The van der Waals surface area contributed by atoms with Crippen molar-refractivity contribution >= 4 is 39.9 Å². The van der Waals surface area contributed by atoms with Crippen molar-refractivity contribution in [3.63, 3.8) is 0 Å². The molecule has 1 amide bonds. The van der Waals surface area contributed by atoms with Gasteiger partial charge in [0.15, 0.2) is 5.82 Å². The number of fused-ring (bicyclic) bond motifs is 2. The summed E-state index contributed by atoms with van der Waals surface area (Å²) in [5, 5.41) is 0.567. The van der Waals surface area contributed by atoms with Gasteiger partial charge in [-0.2, -0.15) is 0 Å². The van der Waals surface area contributed by atoms with Gasteiger partial charge >= 0.3 is 0 Å². The summed E-state index contributed by atoms with van der Waals surface area (Å²) in [6, 6.07) is 5.41. The first-order chi connectivity index (χ1) is 10.6. The van der Waals surface area contributed by atoms with Gasteiger partial charge < -0.3 is 9.88 Å². The number of hydrogen-bond acceptors (Lipinski definition) is 4. The van der Waals surface area contributed by atoms with Gasteiger partial charge in [-0.15, -0.1) is 11.3 Å². The third-order valence-electron chi connectivity index (χ3n) is 4.05. The van der Waals surface area contributed by atoms with Gasteiger partial charge in [0.05, 0.1) is 33.3 Å². The third-order valence-corrected chi connectivity index (χ3v) is 5.27. The van der Waals surface area contributed by atoms with Gasteiger partial charge in [-0.05, 0) is 19.1 Å². The molecule has 112 valence electrons. The van der Waals surface area contributed by atoms with Crippen LogP contribution in [-0.2, 0) is 6.42 Å². The molecule has 0 radical (unpaired) electrons. The molecular weight excluding hydrogens is 320 g/mol. The van der Waals surface area contributed by atoms with Gasteiger partial charge in [-0.25, -0.2) is 9.97 Å². The molecule has 0 saturated carbocycles. The summed E-state index contributed by atoms with van der Waals surface area (Å²) < 4.78 is 0. The molecule has 5 nitrogen and oxygen atoms in total. The summed E-state index contributed by atoms with van der Waals surface area (Å²) in [7, 11) is 0. The number of carbonyl (C=O) groups is 1. The Morgan fingerprint density at radius 2 is 2.36 bits per heavy atom. The molecule has 3 heterocycles. The quantitative estimate of drug-likeness (QED) is 0.742. The number of hydrogen-bond donors (Lipinski definition) is 1. The van der Waals surface area contributed by atoms with E-state index in [1.807, 2.05) is 29.5 Å². The van der Waals surface area contributed by atoms with Crippen LogP contribution in [0.3, 0.4) is 0 Å². The standard InChI is InChI=1S/C15H13ClN4OS/c1-8-12-11(22-7-17-12)5-6-20(8)15(21)14-18-10-4-2-3-9(16)13(10)19-14/h2-4,7-8H,5-6H2,1H3,(H,18,19)/t8-/m1/s1. The predicted octanol–water partition coefficient (Wildman–Crippen LogP) is 3.43. The highest BCUT2D eigenvalue weighted by Gasteiger charge is 2.31. The third kappa shape index (κ3) is 2.02. The molecule has 1 N–H and O–H groups in total. The molecular formula is C15H13ClN4OS. The molecule has 4 rings (SSSR count). The van der Waals surface area contributed by atoms with Crippen molar-refractivity contribution in [2.24, 2.45) is 0 Å². The monoisotopic (exact) mass is 332 g/mol. The largest absolute Gasteiger partial charge is 0.333 e. The van der Waals surface area contributed by atoms with Gasteiger partial charge in [-0.1, -0.05) is 17.7 Å². The zero-order valence-electron chi connectivity index (χ0n) is 11.8. The van der Waals surface area contributed by atoms with Crippen molar-refractivity contribution in [2.75, 3.05) is 6.54 Å². The SMILES string of the molecule is C[C@@H]1c2ncsc2CCN1C(=O)c1nc2cccc(Cl)c2[nH]1. The summed E-state index contributed by atoms with van der Waals surface area (Å²) in [6.45, 7) is 2.69. The fraction of sp³-hybridized carbons (Fsp3) is 0.267. The van der Waals surface area contributed by atoms with E-state index in [0.29, 0.717) is 28.4 Å². The zero-order valence-corrected chi connectivity index (χ0v) is 13.4. The van der Waals surface area contributed by atoms with Crippen molar-refractivity contribution in [1.82, 2.24) is 19.9 Å². The molecule has 3 aromatic rings. The highest BCUT2D eigenvalue weighted by atomic mass is 35.5. The Labute approximate surface area is 136 Å². The summed E-state index contributed by atoms with van der Waals surface area (Å²) >= 11 is 7.79. The number of halogens is 1. The summed E-state index contributed by atoms with van der Waals surface area (Å²) in [5.74, 6) is 0.215. The maximum Gasteiger partial charge on any atom is 0.290 e. The average Bonchev–Trinajstić information content (AvgIpc) is 3.14. The molecule has 2 aromatic heterocycles. The van der Waals surface area contributed by atoms with Crippen LogP contribution in [0.2, 0.25) is 5.02 Å². The number of thiazole rings is 1. The molecule has 0 bridgehead atoms. The van der Waals surface area contributed by atoms with E-state index in [1.165, 1.54) is 4.88 Å². The van der Waals surface area contributed by atoms with Gasteiger partial charge in [0.25, 0.3) is 5.91 Å². The minimum atomic E-state index is -0.113.